The first-order valence-electron chi connectivity index (χ1n) is 5.76. The van der Waals surface area contributed by atoms with Gasteiger partial charge < -0.3 is 5.32 Å². The Labute approximate surface area is 98.8 Å². The van der Waals surface area contributed by atoms with Crippen LogP contribution >= 0.6 is 11.6 Å². The summed E-state index contributed by atoms with van der Waals surface area (Å²) >= 11 is 5.72. The molecule has 0 rings (SSSR count). The van der Waals surface area contributed by atoms with Crippen molar-refractivity contribution in [1.82, 2.24) is 5.32 Å². The SMILES string of the molecule is CCCC(CCCl)CNC(=O)C(C)(C)C. The second-order valence-electron chi connectivity index (χ2n) is 5.09. The summed E-state index contributed by atoms with van der Waals surface area (Å²) in [5.74, 6) is 1.33. The van der Waals surface area contributed by atoms with Gasteiger partial charge in [0.15, 0.2) is 0 Å². The van der Waals surface area contributed by atoms with Crippen LogP contribution in [0.5, 0.6) is 0 Å². The predicted molar refractivity (Wildman–Crippen MR) is 66.2 cm³/mol. The summed E-state index contributed by atoms with van der Waals surface area (Å²) in [6.45, 7) is 8.71. The van der Waals surface area contributed by atoms with Gasteiger partial charge in [0.1, 0.15) is 0 Å². The van der Waals surface area contributed by atoms with Crippen molar-refractivity contribution in [3.63, 3.8) is 0 Å². The molecule has 0 aliphatic rings. The van der Waals surface area contributed by atoms with E-state index in [9.17, 15) is 4.79 Å². The van der Waals surface area contributed by atoms with Crippen molar-refractivity contribution in [2.24, 2.45) is 11.3 Å². The molecule has 1 unspecified atom stereocenters. The number of amides is 1. The van der Waals surface area contributed by atoms with E-state index in [1.165, 1.54) is 0 Å². The van der Waals surface area contributed by atoms with E-state index in [4.69, 9.17) is 11.6 Å². The molecule has 0 saturated heterocycles. The van der Waals surface area contributed by atoms with Crippen molar-refractivity contribution in [3.05, 3.63) is 0 Å². The van der Waals surface area contributed by atoms with Gasteiger partial charge in [0.25, 0.3) is 0 Å². The number of alkyl halides is 1. The standard InChI is InChI=1S/C12H24ClNO/c1-5-6-10(7-8-13)9-14-11(15)12(2,3)4/h10H,5-9H2,1-4H3,(H,14,15). The molecule has 90 valence electrons. The summed E-state index contributed by atoms with van der Waals surface area (Å²) in [4.78, 5) is 11.6. The highest BCUT2D eigenvalue weighted by Gasteiger charge is 2.21. The van der Waals surface area contributed by atoms with Crippen molar-refractivity contribution >= 4 is 17.5 Å². The summed E-state index contributed by atoms with van der Waals surface area (Å²) in [5.41, 5.74) is -0.294. The minimum atomic E-state index is -0.294. The van der Waals surface area contributed by atoms with Gasteiger partial charge in [-0.2, -0.15) is 0 Å². The lowest BCUT2D eigenvalue weighted by Crippen LogP contribution is -2.37. The predicted octanol–water partition coefficient (Wildman–Crippen LogP) is 3.19. The number of carbonyl (C=O) groups is 1. The smallest absolute Gasteiger partial charge is 0.225 e. The fraction of sp³-hybridized carbons (Fsp3) is 0.917. The van der Waals surface area contributed by atoms with Gasteiger partial charge >= 0.3 is 0 Å². The quantitative estimate of drug-likeness (QED) is 0.702. The molecule has 0 spiro atoms. The Kier molecular flexibility index (Phi) is 6.99. The Morgan fingerprint density at radius 2 is 1.93 bits per heavy atom. The highest BCUT2D eigenvalue weighted by atomic mass is 35.5. The van der Waals surface area contributed by atoms with Gasteiger partial charge in [-0.25, -0.2) is 0 Å². The summed E-state index contributed by atoms with van der Waals surface area (Å²) in [6, 6.07) is 0. The van der Waals surface area contributed by atoms with Gasteiger partial charge in [0.2, 0.25) is 5.91 Å². The average Bonchev–Trinajstić information content (AvgIpc) is 2.12. The molecule has 0 aliphatic heterocycles. The number of carbonyl (C=O) groups excluding carboxylic acids is 1. The molecule has 1 atom stereocenters. The molecule has 2 nitrogen and oxygen atoms in total. The zero-order chi connectivity index (χ0) is 11.9. The zero-order valence-corrected chi connectivity index (χ0v) is 11.2. The van der Waals surface area contributed by atoms with Crippen LogP contribution in [0.25, 0.3) is 0 Å². The van der Waals surface area contributed by atoms with Crippen LogP contribution < -0.4 is 5.32 Å². The number of hydrogen-bond acceptors (Lipinski definition) is 1. The topological polar surface area (TPSA) is 29.1 Å². The summed E-state index contributed by atoms with van der Waals surface area (Å²) in [7, 11) is 0. The van der Waals surface area contributed by atoms with Crippen molar-refractivity contribution in [3.8, 4) is 0 Å². The molecular formula is C12H24ClNO. The van der Waals surface area contributed by atoms with Gasteiger partial charge in [-0.15, -0.1) is 11.6 Å². The van der Waals surface area contributed by atoms with E-state index in [2.05, 4.69) is 12.2 Å². The molecule has 0 aromatic rings. The van der Waals surface area contributed by atoms with Gasteiger partial charge in [0.05, 0.1) is 0 Å². The van der Waals surface area contributed by atoms with Crippen LogP contribution in [0.2, 0.25) is 0 Å². The molecular weight excluding hydrogens is 210 g/mol. The maximum atomic E-state index is 11.6. The first-order valence-corrected chi connectivity index (χ1v) is 6.29. The molecule has 0 radical (unpaired) electrons. The molecule has 0 heterocycles. The van der Waals surface area contributed by atoms with Crippen LogP contribution in [0.1, 0.15) is 47.0 Å². The highest BCUT2D eigenvalue weighted by molar-refractivity contribution is 6.17. The lowest BCUT2D eigenvalue weighted by atomic mass is 9.94. The Morgan fingerprint density at radius 3 is 2.33 bits per heavy atom. The van der Waals surface area contributed by atoms with Crippen LogP contribution in [-0.4, -0.2) is 18.3 Å². The van der Waals surface area contributed by atoms with E-state index in [0.29, 0.717) is 11.8 Å². The maximum absolute atomic E-state index is 11.6. The average molecular weight is 234 g/mol. The lowest BCUT2D eigenvalue weighted by Gasteiger charge is -2.21. The van der Waals surface area contributed by atoms with E-state index >= 15 is 0 Å². The number of nitrogens with one attached hydrogen (secondary N) is 1. The van der Waals surface area contributed by atoms with Gasteiger partial charge in [-0.05, 0) is 18.8 Å². The molecule has 0 aromatic carbocycles. The summed E-state index contributed by atoms with van der Waals surface area (Å²) in [6.07, 6.45) is 3.27. The highest BCUT2D eigenvalue weighted by Crippen LogP contribution is 2.15. The van der Waals surface area contributed by atoms with Gasteiger partial charge in [-0.1, -0.05) is 34.1 Å². The fourth-order valence-electron chi connectivity index (χ4n) is 1.41. The van der Waals surface area contributed by atoms with Crippen LogP contribution in [0.4, 0.5) is 0 Å². The third-order valence-electron chi connectivity index (χ3n) is 2.45. The third kappa shape index (κ3) is 6.77. The molecule has 1 amide bonds. The second-order valence-corrected chi connectivity index (χ2v) is 5.47. The van der Waals surface area contributed by atoms with Crippen molar-refractivity contribution < 1.29 is 4.79 Å². The number of hydrogen-bond donors (Lipinski definition) is 1. The lowest BCUT2D eigenvalue weighted by molar-refractivity contribution is -0.128. The second kappa shape index (κ2) is 7.10. The summed E-state index contributed by atoms with van der Waals surface area (Å²) in [5, 5.41) is 2.99. The van der Waals surface area contributed by atoms with Crippen LogP contribution in [-0.2, 0) is 4.79 Å². The van der Waals surface area contributed by atoms with Crippen molar-refractivity contribution in [2.75, 3.05) is 12.4 Å². The first kappa shape index (κ1) is 14.8. The minimum Gasteiger partial charge on any atom is -0.355 e. The van der Waals surface area contributed by atoms with E-state index in [1.807, 2.05) is 20.8 Å². The van der Waals surface area contributed by atoms with E-state index in [1.54, 1.807) is 0 Å². The van der Waals surface area contributed by atoms with Crippen LogP contribution in [0, 0.1) is 11.3 Å². The summed E-state index contributed by atoms with van der Waals surface area (Å²) < 4.78 is 0. The van der Waals surface area contributed by atoms with E-state index in [0.717, 1.165) is 25.8 Å². The van der Waals surface area contributed by atoms with E-state index < -0.39 is 0 Å². The van der Waals surface area contributed by atoms with Gasteiger partial charge in [0, 0.05) is 17.8 Å². The zero-order valence-electron chi connectivity index (χ0n) is 10.4. The third-order valence-corrected chi connectivity index (χ3v) is 2.66. The minimum absolute atomic E-state index is 0.123. The molecule has 1 N–H and O–H groups in total. The number of halogens is 1. The van der Waals surface area contributed by atoms with Crippen molar-refractivity contribution in [1.29, 1.82) is 0 Å². The molecule has 15 heavy (non-hydrogen) atoms. The number of rotatable bonds is 6. The van der Waals surface area contributed by atoms with Gasteiger partial charge in [-0.3, -0.25) is 4.79 Å². The fourth-order valence-corrected chi connectivity index (χ4v) is 1.72. The molecule has 3 heteroatoms. The molecule has 0 bridgehead atoms. The Balaban J connectivity index is 3.93. The Bertz CT molecular complexity index is 181. The largest absolute Gasteiger partial charge is 0.355 e. The molecule has 0 saturated carbocycles. The molecule has 0 aromatic heterocycles. The molecule has 0 aliphatic carbocycles. The van der Waals surface area contributed by atoms with Crippen LogP contribution in [0.15, 0.2) is 0 Å². The van der Waals surface area contributed by atoms with Crippen LogP contribution in [0.3, 0.4) is 0 Å². The maximum Gasteiger partial charge on any atom is 0.225 e. The normalized spacial score (nSPS) is 13.7. The molecule has 0 fully saturated rings. The van der Waals surface area contributed by atoms with E-state index in [-0.39, 0.29) is 11.3 Å². The van der Waals surface area contributed by atoms with Crippen molar-refractivity contribution in [2.45, 2.75) is 47.0 Å². The Hall–Kier alpha value is -0.240. The Morgan fingerprint density at radius 1 is 1.33 bits per heavy atom. The monoisotopic (exact) mass is 233 g/mol. The first-order chi connectivity index (χ1) is 6.91.